The average molecular weight is 348 g/mol. The lowest BCUT2D eigenvalue weighted by Gasteiger charge is -2.21. The van der Waals surface area contributed by atoms with Crippen LogP contribution in [-0.4, -0.2) is 28.5 Å². The van der Waals surface area contributed by atoms with Crippen molar-refractivity contribution in [2.75, 3.05) is 23.3 Å². The summed E-state index contributed by atoms with van der Waals surface area (Å²) in [6, 6.07) is 14.9. The van der Waals surface area contributed by atoms with E-state index in [0.717, 1.165) is 24.5 Å². The Morgan fingerprint density at radius 1 is 1.04 bits per heavy atom. The molecule has 0 unspecified atom stereocenters. The number of para-hydroxylation sites is 3. The third kappa shape index (κ3) is 3.18. The number of nitrogens with one attached hydrogen (secondary N) is 1. The zero-order valence-electron chi connectivity index (χ0n) is 14.4. The minimum atomic E-state index is -0.240. The van der Waals surface area contributed by atoms with Gasteiger partial charge in [-0.25, -0.2) is 4.98 Å². The molecule has 1 fully saturated rings. The van der Waals surface area contributed by atoms with Gasteiger partial charge >= 0.3 is 0 Å². The Kier molecular flexibility index (Phi) is 4.39. The van der Waals surface area contributed by atoms with Crippen molar-refractivity contribution in [2.45, 2.75) is 19.4 Å². The number of nitrogens with zero attached hydrogens (tertiary/aromatic N) is 3. The molecule has 1 aliphatic rings. The summed E-state index contributed by atoms with van der Waals surface area (Å²) in [6.07, 6.45) is 3.76. The van der Waals surface area contributed by atoms with Crippen molar-refractivity contribution in [3.63, 3.8) is 0 Å². The maximum Gasteiger partial charge on any atom is 0.261 e. The van der Waals surface area contributed by atoms with Gasteiger partial charge in [0.1, 0.15) is 6.54 Å². The van der Waals surface area contributed by atoms with E-state index >= 15 is 0 Å². The standard InChI is InChI=1S/C20H20N4O2/c25-19(13-24-14-21-16-8-2-1-7-15(16)20(24)26)22-17-9-3-4-10-18(17)23-11-5-6-12-23/h1-4,7-10,14H,5-6,11-13H2,(H,22,25). The predicted octanol–water partition coefficient (Wildman–Crippen LogP) is 2.64. The molecule has 0 atom stereocenters. The van der Waals surface area contributed by atoms with Crippen molar-refractivity contribution in [3.05, 3.63) is 65.2 Å². The molecule has 0 spiro atoms. The van der Waals surface area contributed by atoms with Gasteiger partial charge < -0.3 is 10.2 Å². The van der Waals surface area contributed by atoms with Crippen LogP contribution in [0.5, 0.6) is 0 Å². The van der Waals surface area contributed by atoms with E-state index in [4.69, 9.17) is 0 Å². The van der Waals surface area contributed by atoms with Gasteiger partial charge in [-0.1, -0.05) is 24.3 Å². The minimum absolute atomic E-state index is 0.0645. The van der Waals surface area contributed by atoms with E-state index in [1.54, 1.807) is 18.2 Å². The molecule has 2 aromatic carbocycles. The van der Waals surface area contributed by atoms with Gasteiger partial charge in [0.25, 0.3) is 5.56 Å². The molecule has 6 nitrogen and oxygen atoms in total. The van der Waals surface area contributed by atoms with E-state index in [9.17, 15) is 9.59 Å². The van der Waals surface area contributed by atoms with E-state index in [0.29, 0.717) is 10.9 Å². The summed E-state index contributed by atoms with van der Waals surface area (Å²) < 4.78 is 1.34. The van der Waals surface area contributed by atoms with Gasteiger partial charge in [-0.3, -0.25) is 14.2 Å². The first-order valence-electron chi connectivity index (χ1n) is 8.80. The van der Waals surface area contributed by atoms with Gasteiger partial charge in [0.15, 0.2) is 0 Å². The van der Waals surface area contributed by atoms with Gasteiger partial charge in [0.05, 0.1) is 28.6 Å². The number of hydrogen-bond acceptors (Lipinski definition) is 4. The van der Waals surface area contributed by atoms with Crippen LogP contribution in [0.15, 0.2) is 59.7 Å². The zero-order valence-corrected chi connectivity index (χ0v) is 14.4. The van der Waals surface area contributed by atoms with Gasteiger partial charge in [-0.15, -0.1) is 0 Å². The van der Waals surface area contributed by atoms with Crippen LogP contribution >= 0.6 is 0 Å². The number of fused-ring (bicyclic) bond motifs is 1. The van der Waals surface area contributed by atoms with Crippen molar-refractivity contribution >= 4 is 28.2 Å². The Morgan fingerprint density at radius 3 is 2.62 bits per heavy atom. The lowest BCUT2D eigenvalue weighted by molar-refractivity contribution is -0.116. The predicted molar refractivity (Wildman–Crippen MR) is 103 cm³/mol. The Hall–Kier alpha value is -3.15. The molecular weight excluding hydrogens is 328 g/mol. The summed E-state index contributed by atoms with van der Waals surface area (Å²) in [5.74, 6) is -0.240. The molecule has 1 amide bonds. The summed E-state index contributed by atoms with van der Waals surface area (Å²) in [4.78, 5) is 31.6. The van der Waals surface area contributed by atoms with Crippen LogP contribution in [0.4, 0.5) is 11.4 Å². The smallest absolute Gasteiger partial charge is 0.261 e. The van der Waals surface area contributed by atoms with Crippen molar-refractivity contribution in [1.82, 2.24) is 9.55 Å². The Labute approximate surface area is 151 Å². The molecular formula is C20H20N4O2. The number of hydrogen-bond donors (Lipinski definition) is 1. The summed E-state index contributed by atoms with van der Waals surface area (Å²) in [5, 5.41) is 3.46. The molecule has 0 saturated carbocycles. The molecule has 0 aliphatic carbocycles. The molecule has 1 aromatic heterocycles. The van der Waals surface area contributed by atoms with Gasteiger partial charge in [0, 0.05) is 13.1 Å². The third-order valence-electron chi connectivity index (χ3n) is 4.67. The number of anilines is 2. The first-order chi connectivity index (χ1) is 12.7. The molecule has 1 saturated heterocycles. The van der Waals surface area contributed by atoms with E-state index in [2.05, 4.69) is 15.2 Å². The Bertz CT molecular complexity index is 1010. The number of carbonyl (C=O) groups excluding carboxylic acids is 1. The Morgan fingerprint density at radius 2 is 1.77 bits per heavy atom. The monoisotopic (exact) mass is 348 g/mol. The summed E-state index contributed by atoms with van der Waals surface area (Å²) in [5.41, 5.74) is 2.23. The highest BCUT2D eigenvalue weighted by atomic mass is 16.2. The van der Waals surface area contributed by atoms with Crippen molar-refractivity contribution < 1.29 is 4.79 Å². The maximum absolute atomic E-state index is 12.5. The van der Waals surface area contributed by atoms with Gasteiger partial charge in [-0.2, -0.15) is 0 Å². The maximum atomic E-state index is 12.5. The molecule has 4 rings (SSSR count). The van der Waals surface area contributed by atoms with Crippen LogP contribution in [0.3, 0.4) is 0 Å². The molecule has 0 radical (unpaired) electrons. The first-order valence-corrected chi connectivity index (χ1v) is 8.80. The minimum Gasteiger partial charge on any atom is -0.370 e. The first kappa shape index (κ1) is 16.3. The second-order valence-corrected chi connectivity index (χ2v) is 6.45. The van der Waals surface area contributed by atoms with Crippen LogP contribution in [0.2, 0.25) is 0 Å². The number of amides is 1. The van der Waals surface area contributed by atoms with Gasteiger partial charge in [0.2, 0.25) is 5.91 Å². The third-order valence-corrected chi connectivity index (χ3v) is 4.67. The molecule has 26 heavy (non-hydrogen) atoms. The second-order valence-electron chi connectivity index (χ2n) is 6.45. The average Bonchev–Trinajstić information content (AvgIpc) is 3.19. The van der Waals surface area contributed by atoms with Crippen LogP contribution in [-0.2, 0) is 11.3 Å². The molecule has 3 aromatic rings. The van der Waals surface area contributed by atoms with Crippen molar-refractivity contribution in [2.24, 2.45) is 0 Å². The summed E-state index contributed by atoms with van der Waals surface area (Å²) in [6.45, 7) is 1.94. The SMILES string of the molecule is O=C(Cn1cnc2ccccc2c1=O)Nc1ccccc1N1CCCC1. The quantitative estimate of drug-likeness (QED) is 0.787. The lowest BCUT2D eigenvalue weighted by Crippen LogP contribution is -2.28. The van der Waals surface area contributed by atoms with Gasteiger partial charge in [-0.05, 0) is 37.1 Å². The molecule has 1 aliphatic heterocycles. The van der Waals surface area contributed by atoms with Crippen molar-refractivity contribution in [3.8, 4) is 0 Å². The highest BCUT2D eigenvalue weighted by Crippen LogP contribution is 2.28. The summed E-state index contributed by atoms with van der Waals surface area (Å²) >= 11 is 0. The van der Waals surface area contributed by atoms with E-state index < -0.39 is 0 Å². The summed E-state index contributed by atoms with van der Waals surface area (Å²) in [7, 11) is 0. The van der Waals surface area contributed by atoms with Crippen LogP contribution < -0.4 is 15.8 Å². The molecule has 6 heteroatoms. The number of carbonyl (C=O) groups is 1. The Balaban J connectivity index is 1.55. The number of benzene rings is 2. The fourth-order valence-corrected chi connectivity index (χ4v) is 3.38. The zero-order chi connectivity index (χ0) is 17.9. The van der Waals surface area contributed by atoms with Crippen LogP contribution in [0.1, 0.15) is 12.8 Å². The topological polar surface area (TPSA) is 67.2 Å². The van der Waals surface area contributed by atoms with Crippen LogP contribution in [0.25, 0.3) is 10.9 Å². The highest BCUT2D eigenvalue weighted by Gasteiger charge is 2.17. The molecule has 2 heterocycles. The fraction of sp³-hybridized carbons (Fsp3) is 0.250. The van der Waals surface area contributed by atoms with Crippen LogP contribution in [0, 0.1) is 0 Å². The fourth-order valence-electron chi connectivity index (χ4n) is 3.38. The number of rotatable bonds is 4. The highest BCUT2D eigenvalue weighted by molar-refractivity contribution is 5.94. The van der Waals surface area contributed by atoms with E-state index in [1.165, 1.54) is 23.7 Å². The molecule has 1 N–H and O–H groups in total. The van der Waals surface area contributed by atoms with Crippen molar-refractivity contribution in [1.29, 1.82) is 0 Å². The largest absolute Gasteiger partial charge is 0.370 e. The molecule has 132 valence electrons. The normalized spacial score (nSPS) is 13.9. The number of aromatic nitrogens is 2. The van der Waals surface area contributed by atoms with E-state index in [-0.39, 0.29) is 18.0 Å². The molecule has 0 bridgehead atoms. The van der Waals surface area contributed by atoms with E-state index in [1.807, 2.05) is 30.3 Å². The second kappa shape index (κ2) is 7.00. The lowest BCUT2D eigenvalue weighted by atomic mass is 10.2.